The Morgan fingerprint density at radius 2 is 1.76 bits per heavy atom. The maximum absolute atomic E-state index is 12.6. The fraction of sp³-hybridized carbons (Fsp3) is 0.250. The van der Waals surface area contributed by atoms with Crippen LogP contribution >= 0.6 is 15.9 Å². The molecule has 0 aliphatic rings. The lowest BCUT2D eigenvalue weighted by molar-refractivity contribution is 0.600. The Morgan fingerprint density at radius 1 is 1.10 bits per heavy atom. The molecule has 1 unspecified atom stereocenters. The van der Waals surface area contributed by atoms with Crippen molar-refractivity contribution in [2.24, 2.45) is 0 Å². The van der Waals surface area contributed by atoms with Crippen molar-refractivity contribution in [1.82, 2.24) is 0 Å². The van der Waals surface area contributed by atoms with Crippen LogP contribution in [0.2, 0.25) is 0 Å². The van der Waals surface area contributed by atoms with Gasteiger partial charge in [0, 0.05) is 4.83 Å². The lowest BCUT2D eigenvalue weighted by Gasteiger charge is -2.15. The first-order chi connectivity index (χ1) is 9.81. The monoisotopic (exact) mass is 367 g/mol. The molecule has 0 spiro atoms. The van der Waals surface area contributed by atoms with Gasteiger partial charge in [-0.2, -0.15) is 0 Å². The minimum Gasteiger partial charge on any atom is -0.279 e. The quantitative estimate of drug-likeness (QED) is 0.805. The van der Waals surface area contributed by atoms with Crippen molar-refractivity contribution in [2.75, 3.05) is 4.72 Å². The van der Waals surface area contributed by atoms with E-state index < -0.39 is 10.0 Å². The average molecular weight is 368 g/mol. The molecule has 0 aliphatic carbocycles. The molecule has 21 heavy (non-hydrogen) atoms. The first-order valence-corrected chi connectivity index (χ1v) is 9.04. The zero-order valence-corrected chi connectivity index (χ0v) is 14.6. The van der Waals surface area contributed by atoms with Crippen molar-refractivity contribution in [3.63, 3.8) is 0 Å². The molecule has 0 aromatic heterocycles. The SMILES string of the molecule is Cc1ccc(S(=O)(=O)Nc2ccccc2C(C)Br)c(C)c1. The number of halogens is 1. The normalized spacial score (nSPS) is 13.0. The number of nitrogens with one attached hydrogen (secondary N) is 1. The van der Waals surface area contributed by atoms with E-state index in [9.17, 15) is 8.42 Å². The Labute approximate surface area is 134 Å². The van der Waals surface area contributed by atoms with E-state index >= 15 is 0 Å². The summed E-state index contributed by atoms with van der Waals surface area (Å²) < 4.78 is 27.9. The molecular weight excluding hydrogens is 350 g/mol. The van der Waals surface area contributed by atoms with Crippen LogP contribution in [0.15, 0.2) is 47.4 Å². The summed E-state index contributed by atoms with van der Waals surface area (Å²) >= 11 is 3.49. The van der Waals surface area contributed by atoms with Gasteiger partial charge in [0.15, 0.2) is 0 Å². The fourth-order valence-electron chi connectivity index (χ4n) is 2.24. The molecule has 3 nitrogen and oxygen atoms in total. The van der Waals surface area contributed by atoms with Gasteiger partial charge in [-0.1, -0.05) is 51.8 Å². The zero-order valence-electron chi connectivity index (χ0n) is 12.2. The minimum atomic E-state index is -3.59. The number of hydrogen-bond donors (Lipinski definition) is 1. The third kappa shape index (κ3) is 3.66. The highest BCUT2D eigenvalue weighted by atomic mass is 79.9. The van der Waals surface area contributed by atoms with Crippen LogP contribution in [0.4, 0.5) is 5.69 Å². The number of benzene rings is 2. The third-order valence-corrected chi connectivity index (χ3v) is 5.27. The second-order valence-electron chi connectivity index (χ2n) is 5.08. The summed E-state index contributed by atoms with van der Waals surface area (Å²) in [6, 6.07) is 12.7. The topological polar surface area (TPSA) is 46.2 Å². The number of anilines is 1. The number of rotatable bonds is 4. The van der Waals surface area contributed by atoms with E-state index in [-0.39, 0.29) is 4.83 Å². The van der Waals surface area contributed by atoms with Gasteiger partial charge in [0.25, 0.3) is 10.0 Å². The predicted molar refractivity (Wildman–Crippen MR) is 90.5 cm³/mol. The summed E-state index contributed by atoms with van der Waals surface area (Å²) in [7, 11) is -3.59. The molecule has 0 saturated carbocycles. The van der Waals surface area contributed by atoms with Crippen molar-refractivity contribution < 1.29 is 8.42 Å². The molecule has 0 bridgehead atoms. The second kappa shape index (κ2) is 6.20. The number of para-hydroxylation sites is 1. The standard InChI is InChI=1S/C16H18BrNO2S/c1-11-8-9-16(12(2)10-11)21(19,20)18-15-7-5-4-6-14(15)13(3)17/h4-10,13,18H,1-3H3. The molecule has 1 atom stereocenters. The maximum atomic E-state index is 12.6. The van der Waals surface area contributed by atoms with E-state index in [1.165, 1.54) is 0 Å². The molecule has 2 rings (SSSR count). The molecule has 5 heteroatoms. The van der Waals surface area contributed by atoms with Crippen LogP contribution < -0.4 is 4.72 Å². The highest BCUT2D eigenvalue weighted by Crippen LogP contribution is 2.30. The molecule has 0 aliphatic heterocycles. The summed E-state index contributed by atoms with van der Waals surface area (Å²) in [5.41, 5.74) is 3.29. The first kappa shape index (κ1) is 16.0. The van der Waals surface area contributed by atoms with Crippen LogP contribution in [0.5, 0.6) is 0 Å². The molecule has 2 aromatic carbocycles. The minimum absolute atomic E-state index is 0.0653. The molecular formula is C16H18BrNO2S. The highest BCUT2D eigenvalue weighted by molar-refractivity contribution is 9.09. The van der Waals surface area contributed by atoms with Gasteiger partial charge in [-0.25, -0.2) is 8.42 Å². The Bertz CT molecular complexity index is 755. The first-order valence-electron chi connectivity index (χ1n) is 6.64. The molecule has 0 amide bonds. The van der Waals surface area contributed by atoms with Crippen LogP contribution in [-0.4, -0.2) is 8.42 Å². The largest absolute Gasteiger partial charge is 0.279 e. The second-order valence-corrected chi connectivity index (χ2v) is 8.10. The fourth-order valence-corrected chi connectivity index (χ4v) is 3.95. The van der Waals surface area contributed by atoms with E-state index in [0.29, 0.717) is 10.6 Å². The van der Waals surface area contributed by atoms with E-state index in [0.717, 1.165) is 16.7 Å². The molecule has 112 valence electrons. The van der Waals surface area contributed by atoms with Crippen LogP contribution in [0, 0.1) is 13.8 Å². The number of sulfonamides is 1. The average Bonchev–Trinajstić information content (AvgIpc) is 2.37. The predicted octanol–water partition coefficient (Wildman–Crippen LogP) is 4.56. The van der Waals surface area contributed by atoms with Gasteiger partial charge in [-0.15, -0.1) is 0 Å². The molecule has 0 fully saturated rings. The van der Waals surface area contributed by atoms with E-state index in [1.807, 2.05) is 38.1 Å². The lowest BCUT2D eigenvalue weighted by Crippen LogP contribution is -2.15. The van der Waals surface area contributed by atoms with Crippen LogP contribution in [-0.2, 0) is 10.0 Å². The summed E-state index contributed by atoms with van der Waals surface area (Å²) in [5, 5.41) is 0. The molecule has 0 heterocycles. The van der Waals surface area contributed by atoms with E-state index in [4.69, 9.17) is 0 Å². The Kier molecular flexibility index (Phi) is 4.74. The third-order valence-electron chi connectivity index (χ3n) is 3.25. The van der Waals surface area contributed by atoms with E-state index in [1.54, 1.807) is 25.1 Å². The zero-order chi connectivity index (χ0) is 15.6. The van der Waals surface area contributed by atoms with Gasteiger partial charge in [-0.3, -0.25) is 4.72 Å². The number of hydrogen-bond acceptors (Lipinski definition) is 2. The van der Waals surface area contributed by atoms with Gasteiger partial charge >= 0.3 is 0 Å². The summed E-state index contributed by atoms with van der Waals surface area (Å²) in [4.78, 5) is 0.376. The Morgan fingerprint density at radius 3 is 2.38 bits per heavy atom. The molecule has 1 N–H and O–H groups in total. The van der Waals surface area contributed by atoms with Gasteiger partial charge in [0.2, 0.25) is 0 Å². The van der Waals surface area contributed by atoms with Crippen LogP contribution in [0.1, 0.15) is 28.4 Å². The summed E-state index contributed by atoms with van der Waals surface area (Å²) in [5.74, 6) is 0. The van der Waals surface area contributed by atoms with Crippen molar-refractivity contribution in [3.05, 3.63) is 59.2 Å². The summed E-state index contributed by atoms with van der Waals surface area (Å²) in [6.07, 6.45) is 0. The molecule has 2 aromatic rings. The van der Waals surface area contributed by atoms with Gasteiger partial charge < -0.3 is 0 Å². The van der Waals surface area contributed by atoms with Crippen molar-refractivity contribution in [2.45, 2.75) is 30.5 Å². The maximum Gasteiger partial charge on any atom is 0.262 e. The molecule has 0 saturated heterocycles. The lowest BCUT2D eigenvalue weighted by atomic mass is 10.1. The van der Waals surface area contributed by atoms with Gasteiger partial charge in [0.1, 0.15) is 0 Å². The number of alkyl halides is 1. The smallest absolute Gasteiger partial charge is 0.262 e. The summed E-state index contributed by atoms with van der Waals surface area (Å²) in [6.45, 7) is 5.71. The Hall–Kier alpha value is -1.33. The van der Waals surface area contributed by atoms with Crippen molar-refractivity contribution >= 4 is 31.6 Å². The van der Waals surface area contributed by atoms with E-state index in [2.05, 4.69) is 20.7 Å². The van der Waals surface area contributed by atoms with Crippen molar-refractivity contribution in [1.29, 1.82) is 0 Å². The van der Waals surface area contributed by atoms with Gasteiger partial charge in [-0.05, 0) is 44.0 Å². The van der Waals surface area contributed by atoms with Gasteiger partial charge in [0.05, 0.1) is 10.6 Å². The number of aryl methyl sites for hydroxylation is 2. The Balaban J connectivity index is 2.43. The van der Waals surface area contributed by atoms with Crippen LogP contribution in [0.3, 0.4) is 0 Å². The highest BCUT2D eigenvalue weighted by Gasteiger charge is 2.19. The molecule has 0 radical (unpaired) electrons. The van der Waals surface area contributed by atoms with Crippen molar-refractivity contribution in [3.8, 4) is 0 Å². The van der Waals surface area contributed by atoms with Crippen LogP contribution in [0.25, 0.3) is 0 Å².